The van der Waals surface area contributed by atoms with Gasteiger partial charge in [-0.05, 0) is 58.1 Å². The van der Waals surface area contributed by atoms with E-state index >= 15 is 0 Å². The van der Waals surface area contributed by atoms with Crippen molar-refractivity contribution in [2.24, 2.45) is 5.92 Å². The van der Waals surface area contributed by atoms with Crippen molar-refractivity contribution in [1.29, 1.82) is 0 Å². The van der Waals surface area contributed by atoms with E-state index in [-0.39, 0.29) is 22.8 Å². The van der Waals surface area contributed by atoms with Gasteiger partial charge in [-0.25, -0.2) is 13.1 Å². The van der Waals surface area contributed by atoms with Crippen LogP contribution in [0.15, 0.2) is 21.6 Å². The second-order valence-electron chi connectivity index (χ2n) is 7.89. The zero-order valence-electron chi connectivity index (χ0n) is 15.6. The first-order valence-electron chi connectivity index (χ1n) is 9.07. The number of furan rings is 1. The third kappa shape index (κ3) is 5.57. The number of hydrogen-bond donors (Lipinski definition) is 2. The molecule has 142 valence electrons. The summed E-state index contributed by atoms with van der Waals surface area (Å²) in [6, 6.07) is 2.89. The number of carbonyl (C=O) groups is 1. The molecule has 7 heteroatoms. The molecule has 25 heavy (non-hydrogen) atoms. The number of rotatable bonds is 7. The lowest BCUT2D eigenvalue weighted by Crippen LogP contribution is -2.40. The number of nitrogens with one attached hydrogen (secondary N) is 2. The monoisotopic (exact) mass is 370 g/mol. The Hall–Kier alpha value is -1.34. The number of amides is 1. The molecule has 6 nitrogen and oxygen atoms in total. The van der Waals surface area contributed by atoms with Crippen LogP contribution < -0.4 is 10.0 Å². The summed E-state index contributed by atoms with van der Waals surface area (Å²) in [6.45, 7) is 7.41. The highest BCUT2D eigenvalue weighted by Gasteiger charge is 2.30. The van der Waals surface area contributed by atoms with E-state index in [1.165, 1.54) is 18.6 Å². The molecule has 1 heterocycles. The highest BCUT2D eigenvalue weighted by atomic mass is 32.2. The van der Waals surface area contributed by atoms with E-state index in [0.717, 1.165) is 32.1 Å². The Bertz CT molecular complexity index is 688. The lowest BCUT2D eigenvalue weighted by Gasteiger charge is -2.20. The molecule has 0 spiro atoms. The van der Waals surface area contributed by atoms with Gasteiger partial charge in [0.05, 0.1) is 0 Å². The molecule has 1 amide bonds. The lowest BCUT2D eigenvalue weighted by molar-refractivity contribution is 0.0893. The van der Waals surface area contributed by atoms with E-state index in [1.54, 1.807) is 20.8 Å². The van der Waals surface area contributed by atoms with Crippen LogP contribution in [0.2, 0.25) is 0 Å². The molecule has 1 fully saturated rings. The SMILES string of the molecule is CCCCC1CCCC1NC(=O)c1ccc(S(=O)(=O)NC(C)(C)C)o1. The molecule has 0 radical (unpaired) electrons. The second kappa shape index (κ2) is 7.91. The Balaban J connectivity index is 2.03. The third-order valence-electron chi connectivity index (χ3n) is 4.41. The van der Waals surface area contributed by atoms with Crippen molar-refractivity contribution in [2.75, 3.05) is 0 Å². The third-order valence-corrected chi connectivity index (χ3v) is 6.04. The van der Waals surface area contributed by atoms with Gasteiger partial charge in [-0.1, -0.05) is 26.2 Å². The molecule has 2 N–H and O–H groups in total. The maximum atomic E-state index is 12.4. The van der Waals surface area contributed by atoms with Gasteiger partial charge in [0.25, 0.3) is 15.9 Å². The van der Waals surface area contributed by atoms with Crippen LogP contribution >= 0.6 is 0 Å². The predicted octanol–water partition coefficient (Wildman–Crippen LogP) is 3.45. The van der Waals surface area contributed by atoms with Crippen molar-refractivity contribution >= 4 is 15.9 Å². The van der Waals surface area contributed by atoms with Crippen molar-refractivity contribution in [3.63, 3.8) is 0 Å². The van der Waals surface area contributed by atoms with Gasteiger partial charge in [-0.2, -0.15) is 0 Å². The molecule has 1 aliphatic rings. The number of hydrogen-bond acceptors (Lipinski definition) is 4. The van der Waals surface area contributed by atoms with E-state index in [4.69, 9.17) is 4.42 Å². The zero-order valence-corrected chi connectivity index (χ0v) is 16.4. The Kier molecular flexibility index (Phi) is 6.32. The molecular weight excluding hydrogens is 340 g/mol. The minimum Gasteiger partial charge on any atom is -0.438 e. The maximum Gasteiger partial charge on any atom is 0.287 e. The predicted molar refractivity (Wildman–Crippen MR) is 96.9 cm³/mol. The summed E-state index contributed by atoms with van der Waals surface area (Å²) in [6.07, 6.45) is 6.66. The minimum absolute atomic E-state index is 0.0374. The number of sulfonamides is 1. The van der Waals surface area contributed by atoms with Gasteiger partial charge in [-0.15, -0.1) is 0 Å². The molecule has 2 rings (SSSR count). The van der Waals surface area contributed by atoms with Crippen molar-refractivity contribution in [2.45, 2.75) is 82.9 Å². The average molecular weight is 371 g/mol. The lowest BCUT2D eigenvalue weighted by atomic mass is 9.97. The first-order chi connectivity index (χ1) is 11.6. The van der Waals surface area contributed by atoms with Crippen LogP contribution in [-0.2, 0) is 10.0 Å². The highest BCUT2D eigenvalue weighted by Crippen LogP contribution is 2.30. The fraction of sp³-hybridized carbons (Fsp3) is 0.722. The van der Waals surface area contributed by atoms with Gasteiger partial charge < -0.3 is 9.73 Å². The fourth-order valence-electron chi connectivity index (χ4n) is 3.32. The highest BCUT2D eigenvalue weighted by molar-refractivity contribution is 7.89. The molecule has 2 atom stereocenters. The van der Waals surface area contributed by atoms with Crippen LogP contribution in [0.5, 0.6) is 0 Å². The van der Waals surface area contributed by atoms with E-state index in [0.29, 0.717) is 5.92 Å². The normalized spacial score (nSPS) is 21.4. The van der Waals surface area contributed by atoms with E-state index in [2.05, 4.69) is 17.0 Å². The maximum absolute atomic E-state index is 12.4. The molecule has 0 bridgehead atoms. The van der Waals surface area contributed by atoms with Crippen molar-refractivity contribution in [3.05, 3.63) is 17.9 Å². The molecule has 2 unspecified atom stereocenters. The average Bonchev–Trinajstić information content (AvgIpc) is 3.12. The molecular formula is C18H30N2O4S. The molecule has 1 saturated carbocycles. The van der Waals surface area contributed by atoms with E-state index in [9.17, 15) is 13.2 Å². The summed E-state index contributed by atoms with van der Waals surface area (Å²) in [4.78, 5) is 12.4. The standard InChI is InChI=1S/C18H30N2O4S/c1-5-6-8-13-9-7-10-14(13)19-17(21)15-11-12-16(24-15)25(22,23)20-18(2,3)4/h11-14,20H,5-10H2,1-4H3,(H,19,21). The molecule has 1 aliphatic carbocycles. The van der Waals surface area contributed by atoms with Crippen LogP contribution in [0.1, 0.15) is 76.8 Å². The van der Waals surface area contributed by atoms with Gasteiger partial charge in [0.15, 0.2) is 5.76 Å². The van der Waals surface area contributed by atoms with Gasteiger partial charge in [0.2, 0.25) is 5.09 Å². The first kappa shape index (κ1) is 20.0. The van der Waals surface area contributed by atoms with Gasteiger partial charge in [-0.3, -0.25) is 4.79 Å². The largest absolute Gasteiger partial charge is 0.438 e. The summed E-state index contributed by atoms with van der Waals surface area (Å²) in [5, 5.41) is 2.78. The van der Waals surface area contributed by atoms with Crippen LogP contribution in [0.3, 0.4) is 0 Å². The molecule has 0 aromatic carbocycles. The molecule has 1 aromatic rings. The van der Waals surface area contributed by atoms with Crippen LogP contribution in [-0.4, -0.2) is 25.9 Å². The summed E-state index contributed by atoms with van der Waals surface area (Å²) in [5.74, 6) is 0.200. The van der Waals surface area contributed by atoms with Gasteiger partial charge >= 0.3 is 0 Å². The van der Waals surface area contributed by atoms with Gasteiger partial charge in [0, 0.05) is 11.6 Å². The van der Waals surface area contributed by atoms with E-state index < -0.39 is 15.6 Å². The Morgan fingerprint density at radius 1 is 1.28 bits per heavy atom. The molecule has 0 aliphatic heterocycles. The Morgan fingerprint density at radius 2 is 2.00 bits per heavy atom. The Morgan fingerprint density at radius 3 is 2.64 bits per heavy atom. The minimum atomic E-state index is -3.78. The molecule has 0 saturated heterocycles. The Labute approximate surface area is 150 Å². The van der Waals surface area contributed by atoms with Crippen molar-refractivity contribution in [3.8, 4) is 0 Å². The van der Waals surface area contributed by atoms with Crippen LogP contribution in [0.4, 0.5) is 0 Å². The number of unbranched alkanes of at least 4 members (excludes halogenated alkanes) is 1. The van der Waals surface area contributed by atoms with E-state index in [1.807, 2.05) is 0 Å². The second-order valence-corrected chi connectivity index (χ2v) is 9.50. The smallest absolute Gasteiger partial charge is 0.287 e. The first-order valence-corrected chi connectivity index (χ1v) is 10.6. The van der Waals surface area contributed by atoms with Gasteiger partial charge in [0.1, 0.15) is 0 Å². The van der Waals surface area contributed by atoms with Crippen LogP contribution in [0.25, 0.3) is 0 Å². The fourth-order valence-corrected chi connectivity index (χ4v) is 4.67. The summed E-state index contributed by atoms with van der Waals surface area (Å²) in [5.41, 5.74) is -0.621. The molecule has 1 aromatic heterocycles. The topological polar surface area (TPSA) is 88.4 Å². The quantitative estimate of drug-likeness (QED) is 0.769. The summed E-state index contributed by atoms with van der Waals surface area (Å²) >= 11 is 0. The van der Waals surface area contributed by atoms with Crippen LogP contribution in [0, 0.1) is 5.92 Å². The van der Waals surface area contributed by atoms with Crippen molar-refractivity contribution < 1.29 is 17.6 Å². The summed E-state index contributed by atoms with van der Waals surface area (Å²) in [7, 11) is -3.78. The number of carbonyl (C=O) groups excluding carboxylic acids is 1. The summed E-state index contributed by atoms with van der Waals surface area (Å²) < 4.78 is 32.4. The zero-order chi connectivity index (χ0) is 18.7. The van der Waals surface area contributed by atoms with Crippen molar-refractivity contribution in [1.82, 2.24) is 10.0 Å².